The maximum absolute atomic E-state index is 12.1. The van der Waals surface area contributed by atoms with Crippen LogP contribution in [0.15, 0.2) is 54.6 Å². The zero-order chi connectivity index (χ0) is 22.2. The molecule has 0 amide bonds. The van der Waals surface area contributed by atoms with E-state index < -0.39 is 11.4 Å². The third kappa shape index (κ3) is 6.07. The molecule has 1 aromatic rings. The number of benzene rings is 1. The summed E-state index contributed by atoms with van der Waals surface area (Å²) in [6.45, 7) is 8.24. The molecule has 0 radical (unpaired) electrons. The first-order valence-corrected chi connectivity index (χ1v) is 10.9. The molecule has 2 atom stereocenters. The van der Waals surface area contributed by atoms with Gasteiger partial charge in [-0.05, 0) is 29.7 Å². The van der Waals surface area contributed by atoms with Crippen LogP contribution in [0.25, 0.3) is 0 Å². The number of ether oxygens (including phenoxy) is 1. The summed E-state index contributed by atoms with van der Waals surface area (Å²) < 4.78 is 4.79. The quantitative estimate of drug-likeness (QED) is 0.600. The third-order valence-electron chi connectivity index (χ3n) is 6.17. The second-order valence-corrected chi connectivity index (χ2v) is 9.43. The normalized spacial score (nSPS) is 23.9. The van der Waals surface area contributed by atoms with Gasteiger partial charge in [0.25, 0.3) is 0 Å². The minimum atomic E-state index is -0.701. The maximum Gasteiger partial charge on any atom is 0.314 e. The van der Waals surface area contributed by atoms with Crippen molar-refractivity contribution in [2.24, 2.45) is 22.7 Å². The van der Waals surface area contributed by atoms with Gasteiger partial charge in [-0.2, -0.15) is 0 Å². The van der Waals surface area contributed by atoms with Crippen molar-refractivity contribution in [3.63, 3.8) is 0 Å². The number of esters is 1. The van der Waals surface area contributed by atoms with E-state index in [0.717, 1.165) is 18.4 Å². The highest BCUT2D eigenvalue weighted by atomic mass is 16.5. The van der Waals surface area contributed by atoms with E-state index in [1.807, 2.05) is 48.6 Å². The van der Waals surface area contributed by atoms with Gasteiger partial charge in [0.2, 0.25) is 0 Å². The third-order valence-corrected chi connectivity index (χ3v) is 6.17. The fraction of sp³-hybridized carbons (Fsp3) is 0.538. The number of rotatable bonds is 4. The van der Waals surface area contributed by atoms with Gasteiger partial charge in [-0.3, -0.25) is 9.59 Å². The number of hydrogen-bond acceptors (Lipinski definition) is 3. The lowest BCUT2D eigenvalue weighted by Gasteiger charge is -2.48. The van der Waals surface area contributed by atoms with Gasteiger partial charge < -0.3 is 9.84 Å². The van der Waals surface area contributed by atoms with Crippen molar-refractivity contribution in [3.05, 3.63) is 60.2 Å². The van der Waals surface area contributed by atoms with Gasteiger partial charge in [0, 0.05) is 12.8 Å². The highest BCUT2D eigenvalue weighted by molar-refractivity contribution is 5.79. The summed E-state index contributed by atoms with van der Waals surface area (Å²) in [6.07, 6.45) is 13.7. The molecule has 1 fully saturated rings. The standard InChI is InChI=1S/C17H26O2.C9H10O2/c1-16(2,3)14-11-7-8-12-17(14,15(18)19)13-9-5-4-6-10-13;1-8(10)11-7-9-5-3-2-4-6-9/h7-8,11-14H,4-6,9-10H2,1-3H3,(H,18,19);2-6H,7H2,1H3. The molecule has 30 heavy (non-hydrogen) atoms. The topological polar surface area (TPSA) is 63.6 Å². The summed E-state index contributed by atoms with van der Waals surface area (Å²) in [7, 11) is 0. The Morgan fingerprint density at radius 3 is 2.23 bits per heavy atom. The van der Waals surface area contributed by atoms with Crippen LogP contribution in [0, 0.1) is 22.7 Å². The second kappa shape index (κ2) is 10.6. The van der Waals surface area contributed by atoms with Crippen molar-refractivity contribution in [2.75, 3.05) is 0 Å². The summed E-state index contributed by atoms with van der Waals surface area (Å²) in [5.41, 5.74) is 0.285. The van der Waals surface area contributed by atoms with Gasteiger partial charge >= 0.3 is 11.9 Å². The molecule has 2 aliphatic carbocycles. The maximum atomic E-state index is 12.1. The first kappa shape index (κ1) is 23.9. The first-order chi connectivity index (χ1) is 14.2. The predicted octanol–water partition coefficient (Wildman–Crippen LogP) is 6.18. The molecule has 0 saturated heterocycles. The molecule has 0 aromatic heterocycles. The van der Waals surface area contributed by atoms with E-state index >= 15 is 0 Å². The highest BCUT2D eigenvalue weighted by Gasteiger charge is 2.53. The minimum absolute atomic E-state index is 0.0307. The lowest BCUT2D eigenvalue weighted by molar-refractivity contribution is -0.155. The molecular weight excluding hydrogens is 376 g/mol. The van der Waals surface area contributed by atoms with Gasteiger partial charge in [-0.25, -0.2) is 0 Å². The smallest absolute Gasteiger partial charge is 0.314 e. The van der Waals surface area contributed by atoms with Crippen LogP contribution in [-0.4, -0.2) is 17.0 Å². The monoisotopic (exact) mass is 412 g/mol. The summed E-state index contributed by atoms with van der Waals surface area (Å²) in [5.74, 6) is -0.524. The molecule has 2 unspecified atom stereocenters. The number of carboxylic acids is 1. The van der Waals surface area contributed by atoms with Crippen molar-refractivity contribution in [1.82, 2.24) is 0 Å². The average Bonchev–Trinajstić information content (AvgIpc) is 2.73. The Bertz CT molecular complexity index is 751. The Kier molecular flexibility index (Phi) is 8.45. The Morgan fingerprint density at radius 2 is 1.70 bits per heavy atom. The molecule has 3 rings (SSSR count). The second-order valence-electron chi connectivity index (χ2n) is 9.43. The lowest BCUT2D eigenvalue weighted by atomic mass is 9.54. The SMILES string of the molecule is CC(=O)OCc1ccccc1.CC(C)(C)C1C=CC=CC1(C(=O)O)C1CCCCC1. The fourth-order valence-corrected chi connectivity index (χ4v) is 4.77. The van der Waals surface area contributed by atoms with Crippen LogP contribution < -0.4 is 0 Å². The highest BCUT2D eigenvalue weighted by Crippen LogP contribution is 2.53. The van der Waals surface area contributed by atoms with Crippen LogP contribution in [-0.2, 0) is 20.9 Å². The first-order valence-electron chi connectivity index (χ1n) is 10.9. The Labute approximate surface area is 181 Å². The van der Waals surface area contributed by atoms with Crippen LogP contribution in [0.3, 0.4) is 0 Å². The molecule has 1 N–H and O–H groups in total. The largest absolute Gasteiger partial charge is 0.481 e. The number of aliphatic carboxylic acids is 1. The van der Waals surface area contributed by atoms with Crippen molar-refractivity contribution in [2.45, 2.75) is 66.4 Å². The van der Waals surface area contributed by atoms with Crippen LogP contribution in [0.4, 0.5) is 0 Å². The van der Waals surface area contributed by atoms with Crippen molar-refractivity contribution < 1.29 is 19.4 Å². The van der Waals surface area contributed by atoms with Gasteiger partial charge in [-0.1, -0.05) is 94.7 Å². The average molecular weight is 413 g/mol. The predicted molar refractivity (Wildman–Crippen MR) is 120 cm³/mol. The van der Waals surface area contributed by atoms with Gasteiger partial charge in [0.15, 0.2) is 0 Å². The summed E-state index contributed by atoms with van der Waals surface area (Å²) in [4.78, 5) is 22.5. The number of carbonyl (C=O) groups is 2. The van der Waals surface area contributed by atoms with Crippen LogP contribution in [0.1, 0.15) is 65.4 Å². The van der Waals surface area contributed by atoms with E-state index in [1.165, 1.54) is 26.2 Å². The Hall–Kier alpha value is -2.36. The number of hydrogen-bond donors (Lipinski definition) is 1. The molecule has 1 saturated carbocycles. The summed E-state index contributed by atoms with van der Waals surface area (Å²) in [5, 5.41) is 9.99. The van der Waals surface area contributed by atoms with E-state index in [4.69, 9.17) is 4.74 Å². The zero-order valence-electron chi connectivity index (χ0n) is 18.8. The van der Waals surface area contributed by atoms with E-state index in [1.54, 1.807) is 0 Å². The number of carboxylic acid groups (broad SMARTS) is 1. The molecule has 0 aliphatic heterocycles. The van der Waals surface area contributed by atoms with Gasteiger partial charge in [0.1, 0.15) is 6.61 Å². The molecule has 0 spiro atoms. The van der Waals surface area contributed by atoms with E-state index in [2.05, 4.69) is 26.8 Å². The molecule has 0 heterocycles. The molecular formula is C26H36O4. The fourth-order valence-electron chi connectivity index (χ4n) is 4.77. The van der Waals surface area contributed by atoms with Gasteiger partial charge in [-0.15, -0.1) is 0 Å². The van der Waals surface area contributed by atoms with Crippen LogP contribution in [0.5, 0.6) is 0 Å². The minimum Gasteiger partial charge on any atom is -0.481 e. The molecule has 1 aromatic carbocycles. The van der Waals surface area contributed by atoms with Crippen LogP contribution >= 0.6 is 0 Å². The number of carbonyl (C=O) groups excluding carboxylic acids is 1. The number of allylic oxidation sites excluding steroid dienone is 3. The lowest BCUT2D eigenvalue weighted by Crippen LogP contribution is -2.49. The van der Waals surface area contributed by atoms with E-state index in [0.29, 0.717) is 6.61 Å². The molecule has 4 heteroatoms. The molecule has 4 nitrogen and oxygen atoms in total. The van der Waals surface area contributed by atoms with Crippen LogP contribution in [0.2, 0.25) is 0 Å². The van der Waals surface area contributed by atoms with Gasteiger partial charge in [0.05, 0.1) is 5.41 Å². The van der Waals surface area contributed by atoms with E-state index in [-0.39, 0.29) is 23.2 Å². The van der Waals surface area contributed by atoms with E-state index in [9.17, 15) is 14.7 Å². The molecule has 2 aliphatic rings. The molecule has 0 bridgehead atoms. The Balaban J connectivity index is 0.000000248. The molecule has 164 valence electrons. The summed E-state index contributed by atoms with van der Waals surface area (Å²) >= 11 is 0. The zero-order valence-corrected chi connectivity index (χ0v) is 18.8. The van der Waals surface area contributed by atoms with Crippen molar-refractivity contribution in [1.29, 1.82) is 0 Å². The Morgan fingerprint density at radius 1 is 1.07 bits per heavy atom. The summed E-state index contributed by atoms with van der Waals surface area (Å²) in [6, 6.07) is 9.60. The van der Waals surface area contributed by atoms with Crippen molar-refractivity contribution in [3.8, 4) is 0 Å². The van der Waals surface area contributed by atoms with Crippen molar-refractivity contribution >= 4 is 11.9 Å².